The minimum Gasteiger partial charge on any atom is -0.464 e. The number of rotatable bonds is 7. The number of thiocarbonyl (C=S) groups is 1. The van der Waals surface area contributed by atoms with Crippen molar-refractivity contribution in [3.05, 3.63) is 64.6 Å². The number of benzene rings is 1. The third-order valence-electron chi connectivity index (χ3n) is 3.77. The average molecular weight is 474 g/mol. The van der Waals surface area contributed by atoms with Gasteiger partial charge in [0.2, 0.25) is 0 Å². The maximum Gasteiger partial charge on any atom is 0.409 e. The summed E-state index contributed by atoms with van der Waals surface area (Å²) in [4.78, 5) is 15.3. The first-order chi connectivity index (χ1) is 14.2. The van der Waals surface area contributed by atoms with Crippen molar-refractivity contribution < 1.29 is 22.7 Å². The molecule has 1 saturated heterocycles. The first-order valence-electron chi connectivity index (χ1n) is 9.09. The third-order valence-corrected chi connectivity index (χ3v) is 6.63. The summed E-state index contributed by atoms with van der Waals surface area (Å²) in [6.45, 7) is 1.86. The van der Waals surface area contributed by atoms with Gasteiger partial charge in [-0.2, -0.15) is 13.2 Å². The van der Waals surface area contributed by atoms with Crippen molar-refractivity contribution in [2.24, 2.45) is 0 Å². The fraction of sp³-hybridized carbons (Fsp3) is 0.333. The molecule has 0 unspecified atom stereocenters. The minimum atomic E-state index is -4.35. The first-order valence-corrected chi connectivity index (χ1v) is 11.6. The molecule has 1 aromatic rings. The van der Waals surface area contributed by atoms with E-state index in [0.717, 1.165) is 27.2 Å². The zero-order valence-corrected chi connectivity index (χ0v) is 18.8. The van der Waals surface area contributed by atoms with Gasteiger partial charge in [0.25, 0.3) is 0 Å². The second kappa shape index (κ2) is 12.2. The highest BCUT2D eigenvalue weighted by molar-refractivity contribution is 8.18. The lowest BCUT2D eigenvalue weighted by Crippen LogP contribution is -2.35. The van der Waals surface area contributed by atoms with E-state index in [9.17, 15) is 18.0 Å². The predicted octanol–water partition coefficient (Wildman–Crippen LogP) is 6.05. The summed E-state index contributed by atoms with van der Waals surface area (Å²) in [5.41, 5.74) is 2.13. The lowest BCUT2D eigenvalue weighted by Gasteiger charge is -2.22. The molecule has 162 valence electrons. The van der Waals surface area contributed by atoms with E-state index in [4.69, 9.17) is 17.0 Å². The molecule has 30 heavy (non-hydrogen) atoms. The molecule has 0 aromatic heterocycles. The number of carbonyl (C=O) groups excluding carboxylic acids is 1. The SMILES string of the molecule is CC(/C=C1\SCSCN(CC(=O)OCC/C=C\C(F)(F)F)C1=S)=C\c1ccccc1. The zero-order chi connectivity index (χ0) is 22.0. The number of allylic oxidation sites excluding steroid dienone is 3. The molecule has 0 atom stereocenters. The zero-order valence-electron chi connectivity index (χ0n) is 16.4. The van der Waals surface area contributed by atoms with E-state index in [1.54, 1.807) is 28.4 Å². The van der Waals surface area contributed by atoms with Crippen LogP contribution in [0.2, 0.25) is 0 Å². The largest absolute Gasteiger partial charge is 0.464 e. The maximum absolute atomic E-state index is 12.1. The Morgan fingerprint density at radius 3 is 2.73 bits per heavy atom. The van der Waals surface area contributed by atoms with Crippen LogP contribution >= 0.6 is 35.7 Å². The molecule has 0 bridgehead atoms. The Morgan fingerprint density at radius 2 is 2.03 bits per heavy atom. The molecule has 1 heterocycles. The standard InChI is InChI=1S/C21H22F3NO2S3/c1-16(11-17-7-3-2-4-8-17)12-18-20(28)25(14-29-15-30-18)13-19(26)27-10-6-5-9-21(22,23)24/h2-5,7-9,11-12H,6,10,13-15H2,1H3/b9-5-,16-11+,18-12-. The normalized spacial score (nSPS) is 17.5. The number of hydrogen-bond donors (Lipinski definition) is 0. The Labute approximate surface area is 188 Å². The van der Waals surface area contributed by atoms with Gasteiger partial charge in [-0.25, -0.2) is 0 Å². The van der Waals surface area contributed by atoms with Gasteiger partial charge in [-0.3, -0.25) is 4.79 Å². The highest BCUT2D eigenvalue weighted by atomic mass is 32.2. The molecule has 3 nitrogen and oxygen atoms in total. The summed E-state index contributed by atoms with van der Waals surface area (Å²) in [6, 6.07) is 9.94. The predicted molar refractivity (Wildman–Crippen MR) is 123 cm³/mol. The fourth-order valence-electron chi connectivity index (χ4n) is 2.47. The van der Waals surface area contributed by atoms with Crippen molar-refractivity contribution in [1.29, 1.82) is 0 Å². The smallest absolute Gasteiger partial charge is 0.409 e. The van der Waals surface area contributed by atoms with E-state index >= 15 is 0 Å². The molecule has 0 spiro atoms. The van der Waals surface area contributed by atoms with Gasteiger partial charge in [0.15, 0.2) is 0 Å². The van der Waals surface area contributed by atoms with Gasteiger partial charge < -0.3 is 9.64 Å². The summed E-state index contributed by atoms with van der Waals surface area (Å²) in [5, 5.41) is 0.804. The first kappa shape index (κ1) is 24.6. The van der Waals surface area contributed by atoms with Gasteiger partial charge in [-0.1, -0.05) is 54.7 Å². The Balaban J connectivity index is 1.93. The second-order valence-electron chi connectivity index (χ2n) is 6.36. The molecule has 0 aliphatic carbocycles. The number of hydrogen-bond acceptors (Lipinski definition) is 5. The maximum atomic E-state index is 12.1. The summed E-state index contributed by atoms with van der Waals surface area (Å²) in [6.07, 6.45) is 0.801. The Morgan fingerprint density at radius 1 is 1.30 bits per heavy atom. The molecular formula is C21H22F3NO2S3. The van der Waals surface area contributed by atoms with E-state index in [2.05, 4.69) is 6.08 Å². The molecule has 2 rings (SSSR count). The molecule has 0 N–H and O–H groups in total. The lowest BCUT2D eigenvalue weighted by atomic mass is 10.1. The molecule has 1 fully saturated rings. The Hall–Kier alpha value is -1.71. The van der Waals surface area contributed by atoms with E-state index in [-0.39, 0.29) is 25.6 Å². The number of esters is 1. The summed E-state index contributed by atoms with van der Waals surface area (Å²) in [5.74, 6) is 0.0365. The van der Waals surface area contributed by atoms with Crippen LogP contribution in [0.25, 0.3) is 6.08 Å². The number of ether oxygens (including phenoxy) is 1. The third kappa shape index (κ3) is 9.40. The number of halogens is 3. The molecule has 1 aromatic carbocycles. The van der Waals surface area contributed by atoms with Crippen molar-refractivity contribution in [2.75, 3.05) is 24.1 Å². The molecule has 0 saturated carbocycles. The van der Waals surface area contributed by atoms with Crippen LogP contribution in [0.3, 0.4) is 0 Å². The highest BCUT2D eigenvalue weighted by Gasteiger charge is 2.22. The summed E-state index contributed by atoms with van der Waals surface area (Å²) in [7, 11) is 0. The summed E-state index contributed by atoms with van der Waals surface area (Å²) >= 11 is 8.84. The van der Waals surface area contributed by atoms with E-state index in [0.29, 0.717) is 10.9 Å². The van der Waals surface area contributed by atoms with Gasteiger partial charge >= 0.3 is 12.1 Å². The van der Waals surface area contributed by atoms with Crippen molar-refractivity contribution >= 4 is 52.8 Å². The van der Waals surface area contributed by atoms with E-state index < -0.39 is 12.1 Å². The van der Waals surface area contributed by atoms with Gasteiger partial charge in [-0.15, -0.1) is 23.5 Å². The van der Waals surface area contributed by atoms with Gasteiger partial charge in [-0.05, 0) is 30.6 Å². The van der Waals surface area contributed by atoms with Crippen LogP contribution in [0.1, 0.15) is 18.9 Å². The molecule has 0 radical (unpaired) electrons. The van der Waals surface area contributed by atoms with Crippen molar-refractivity contribution in [2.45, 2.75) is 19.5 Å². The second-order valence-corrected chi connectivity index (χ2v) is 9.08. The van der Waals surface area contributed by atoms with E-state index in [1.807, 2.05) is 43.3 Å². The van der Waals surface area contributed by atoms with E-state index in [1.165, 1.54) is 0 Å². The molecule has 1 aliphatic heterocycles. The number of alkyl halides is 3. The Bertz CT molecular complexity index is 821. The van der Waals surface area contributed by atoms with Crippen molar-refractivity contribution in [1.82, 2.24) is 4.90 Å². The number of carbonyl (C=O) groups is 1. The molecule has 0 amide bonds. The fourth-order valence-corrected chi connectivity index (χ4v) is 5.02. The van der Waals surface area contributed by atoms with Gasteiger partial charge in [0, 0.05) is 16.1 Å². The topological polar surface area (TPSA) is 29.5 Å². The number of thioether (sulfide) groups is 2. The van der Waals surface area contributed by atoms with Crippen LogP contribution in [0, 0.1) is 0 Å². The lowest BCUT2D eigenvalue weighted by molar-refractivity contribution is -0.143. The van der Waals surface area contributed by atoms with Crippen LogP contribution in [0.15, 0.2) is 59.0 Å². The van der Waals surface area contributed by atoms with Crippen molar-refractivity contribution in [3.8, 4) is 0 Å². The number of nitrogens with zero attached hydrogens (tertiary/aromatic N) is 1. The monoisotopic (exact) mass is 473 g/mol. The quantitative estimate of drug-likeness (QED) is 0.157. The van der Waals surface area contributed by atoms with Crippen LogP contribution in [-0.2, 0) is 9.53 Å². The Kier molecular flexibility index (Phi) is 10.0. The minimum absolute atomic E-state index is 0.00886. The molecule has 1 aliphatic rings. The van der Waals surface area contributed by atoms with Gasteiger partial charge in [0.05, 0.1) is 12.5 Å². The van der Waals surface area contributed by atoms with Crippen LogP contribution in [0.5, 0.6) is 0 Å². The van der Waals surface area contributed by atoms with Crippen LogP contribution in [-0.4, -0.2) is 46.1 Å². The van der Waals surface area contributed by atoms with Crippen LogP contribution < -0.4 is 0 Å². The average Bonchev–Trinajstić information content (AvgIpc) is 2.83. The van der Waals surface area contributed by atoms with Crippen molar-refractivity contribution in [3.63, 3.8) is 0 Å². The molecular weight excluding hydrogens is 451 g/mol. The summed E-state index contributed by atoms with van der Waals surface area (Å²) < 4.78 is 41.2. The van der Waals surface area contributed by atoms with Gasteiger partial charge in [0.1, 0.15) is 11.5 Å². The highest BCUT2D eigenvalue weighted by Crippen LogP contribution is 2.30. The molecule has 9 heteroatoms. The van der Waals surface area contributed by atoms with Crippen LogP contribution in [0.4, 0.5) is 13.2 Å².